The Labute approximate surface area is 183 Å². The van der Waals surface area contributed by atoms with E-state index in [1.54, 1.807) is 0 Å². The van der Waals surface area contributed by atoms with E-state index in [0.717, 1.165) is 14.7 Å². The smallest absolute Gasteiger partial charge is 0.408 e. The van der Waals surface area contributed by atoms with Crippen LogP contribution in [0.1, 0.15) is 11.1 Å². The summed E-state index contributed by atoms with van der Waals surface area (Å²) in [5, 5.41) is 5.55. The van der Waals surface area contributed by atoms with Crippen LogP contribution >= 0.6 is 22.6 Å². The largest absolute Gasteiger partial charge is 0.445 e. The number of ether oxygens (including phenoxy) is 1. The van der Waals surface area contributed by atoms with Crippen molar-refractivity contribution in [2.75, 3.05) is 5.32 Å². The Bertz CT molecular complexity index is 931. The Balaban J connectivity index is 1.65. The number of anilines is 1. The Morgan fingerprint density at radius 3 is 2.03 bits per heavy atom. The molecule has 0 heterocycles. The van der Waals surface area contributed by atoms with Gasteiger partial charge in [-0.15, -0.1) is 0 Å². The molecule has 1 atom stereocenters. The zero-order chi connectivity index (χ0) is 20.5. The van der Waals surface area contributed by atoms with Gasteiger partial charge in [0, 0.05) is 15.7 Å². The van der Waals surface area contributed by atoms with Crippen molar-refractivity contribution in [2.24, 2.45) is 0 Å². The molecule has 6 heteroatoms. The van der Waals surface area contributed by atoms with E-state index in [0.29, 0.717) is 12.1 Å². The topological polar surface area (TPSA) is 67.4 Å². The predicted molar refractivity (Wildman–Crippen MR) is 121 cm³/mol. The Morgan fingerprint density at radius 2 is 1.41 bits per heavy atom. The molecule has 0 aromatic heterocycles. The van der Waals surface area contributed by atoms with Gasteiger partial charge >= 0.3 is 6.09 Å². The number of carbonyl (C=O) groups excluding carboxylic acids is 2. The highest BCUT2D eigenvalue weighted by Crippen LogP contribution is 2.13. The summed E-state index contributed by atoms with van der Waals surface area (Å²) in [5.41, 5.74) is 2.50. The first kappa shape index (κ1) is 20.9. The van der Waals surface area contributed by atoms with Crippen molar-refractivity contribution >= 4 is 40.3 Å². The van der Waals surface area contributed by atoms with E-state index in [9.17, 15) is 9.59 Å². The van der Waals surface area contributed by atoms with Crippen LogP contribution in [0.3, 0.4) is 0 Å². The van der Waals surface area contributed by atoms with Gasteiger partial charge in [0.25, 0.3) is 0 Å². The molecule has 2 N–H and O–H groups in total. The van der Waals surface area contributed by atoms with E-state index in [1.807, 2.05) is 84.9 Å². The molecule has 5 nitrogen and oxygen atoms in total. The number of rotatable bonds is 7. The first-order valence-corrected chi connectivity index (χ1v) is 10.3. The van der Waals surface area contributed by atoms with Gasteiger partial charge in [-0.1, -0.05) is 60.7 Å². The predicted octanol–water partition coefficient (Wildman–Crippen LogP) is 4.77. The minimum atomic E-state index is -0.764. The molecule has 0 radical (unpaired) electrons. The van der Waals surface area contributed by atoms with Gasteiger partial charge in [0.1, 0.15) is 12.6 Å². The first-order valence-electron chi connectivity index (χ1n) is 9.18. The zero-order valence-corrected chi connectivity index (χ0v) is 17.8. The minimum absolute atomic E-state index is 0.142. The normalized spacial score (nSPS) is 11.3. The van der Waals surface area contributed by atoms with Gasteiger partial charge < -0.3 is 15.4 Å². The maximum Gasteiger partial charge on any atom is 0.408 e. The first-order chi connectivity index (χ1) is 14.1. The van der Waals surface area contributed by atoms with Gasteiger partial charge in [-0.25, -0.2) is 4.79 Å². The zero-order valence-electron chi connectivity index (χ0n) is 15.7. The maximum atomic E-state index is 12.8. The van der Waals surface area contributed by atoms with Crippen LogP contribution in [0, 0.1) is 3.57 Å². The fourth-order valence-electron chi connectivity index (χ4n) is 2.73. The van der Waals surface area contributed by atoms with Crippen LogP contribution in [0.25, 0.3) is 0 Å². The standard InChI is InChI=1S/C23H21IN2O3/c24-19-11-13-20(14-12-19)25-22(27)21(15-17-7-3-1-4-8-17)26-23(28)29-16-18-9-5-2-6-10-18/h1-14,21H,15-16H2,(H,25,27)(H,26,28)/t21-/m0/s1. The quantitative estimate of drug-likeness (QED) is 0.460. The maximum absolute atomic E-state index is 12.8. The van der Waals surface area contributed by atoms with Crippen molar-refractivity contribution in [3.05, 3.63) is 99.6 Å². The van der Waals surface area contributed by atoms with Crippen molar-refractivity contribution in [2.45, 2.75) is 19.1 Å². The second-order valence-electron chi connectivity index (χ2n) is 6.44. The van der Waals surface area contributed by atoms with Crippen LogP contribution < -0.4 is 10.6 Å². The van der Waals surface area contributed by atoms with Gasteiger partial charge in [-0.3, -0.25) is 4.79 Å². The van der Waals surface area contributed by atoms with Crippen LogP contribution in [0.5, 0.6) is 0 Å². The number of amides is 2. The van der Waals surface area contributed by atoms with Crippen molar-refractivity contribution in [1.29, 1.82) is 0 Å². The second-order valence-corrected chi connectivity index (χ2v) is 7.69. The Morgan fingerprint density at radius 1 is 0.828 bits per heavy atom. The molecule has 0 unspecified atom stereocenters. The third kappa shape index (κ3) is 6.90. The van der Waals surface area contributed by atoms with Gasteiger partial charge in [0.05, 0.1) is 0 Å². The molecular formula is C23H21IN2O3. The highest BCUT2D eigenvalue weighted by Gasteiger charge is 2.22. The molecule has 0 aliphatic carbocycles. The Hall–Kier alpha value is -2.87. The summed E-state index contributed by atoms with van der Waals surface area (Å²) >= 11 is 2.20. The lowest BCUT2D eigenvalue weighted by Crippen LogP contribution is -2.45. The van der Waals surface area contributed by atoms with E-state index >= 15 is 0 Å². The van der Waals surface area contributed by atoms with E-state index in [1.165, 1.54) is 0 Å². The lowest BCUT2D eigenvalue weighted by atomic mass is 10.1. The summed E-state index contributed by atoms with van der Waals surface area (Å²) in [6.07, 6.45) is -0.273. The molecule has 0 spiro atoms. The van der Waals surface area contributed by atoms with E-state index in [4.69, 9.17) is 4.74 Å². The van der Waals surface area contributed by atoms with E-state index in [-0.39, 0.29) is 12.5 Å². The molecule has 0 saturated heterocycles. The summed E-state index contributed by atoms with van der Waals surface area (Å²) in [5.74, 6) is -0.299. The highest BCUT2D eigenvalue weighted by atomic mass is 127. The highest BCUT2D eigenvalue weighted by molar-refractivity contribution is 14.1. The summed E-state index contributed by atoms with van der Waals surface area (Å²) in [4.78, 5) is 25.1. The molecule has 0 aliphatic heterocycles. The lowest BCUT2D eigenvalue weighted by Gasteiger charge is -2.18. The SMILES string of the molecule is O=C(N[C@@H](Cc1ccccc1)C(=O)Nc1ccc(I)cc1)OCc1ccccc1. The number of hydrogen-bond donors (Lipinski definition) is 2. The third-order valence-corrected chi connectivity index (χ3v) is 4.93. The number of halogens is 1. The van der Waals surface area contributed by atoms with Gasteiger partial charge in [-0.2, -0.15) is 0 Å². The average molecular weight is 500 g/mol. The summed E-state index contributed by atoms with van der Waals surface area (Å²) < 4.78 is 6.35. The fraction of sp³-hybridized carbons (Fsp3) is 0.130. The molecule has 148 valence electrons. The van der Waals surface area contributed by atoms with E-state index in [2.05, 4.69) is 33.2 Å². The second kappa shape index (κ2) is 10.6. The average Bonchev–Trinajstić information content (AvgIpc) is 2.75. The van der Waals surface area contributed by atoms with Crippen molar-refractivity contribution in [3.8, 4) is 0 Å². The molecule has 29 heavy (non-hydrogen) atoms. The molecule has 0 bridgehead atoms. The number of alkyl carbamates (subject to hydrolysis) is 1. The molecule has 2 amide bonds. The van der Waals surface area contributed by atoms with Crippen LogP contribution in [-0.2, 0) is 22.6 Å². The van der Waals surface area contributed by atoms with Crippen LogP contribution in [0.2, 0.25) is 0 Å². The fourth-order valence-corrected chi connectivity index (χ4v) is 3.09. The van der Waals surface area contributed by atoms with Crippen molar-refractivity contribution in [3.63, 3.8) is 0 Å². The van der Waals surface area contributed by atoms with Crippen LogP contribution in [0.15, 0.2) is 84.9 Å². The number of carbonyl (C=O) groups is 2. The van der Waals surface area contributed by atoms with E-state index < -0.39 is 12.1 Å². The van der Waals surface area contributed by atoms with Gasteiger partial charge in [-0.05, 0) is 58.0 Å². The van der Waals surface area contributed by atoms with Crippen molar-refractivity contribution < 1.29 is 14.3 Å². The number of nitrogens with one attached hydrogen (secondary N) is 2. The van der Waals surface area contributed by atoms with Crippen LogP contribution in [0.4, 0.5) is 10.5 Å². The Kier molecular flexibility index (Phi) is 7.63. The van der Waals surface area contributed by atoms with Crippen molar-refractivity contribution in [1.82, 2.24) is 5.32 Å². The molecule has 0 saturated carbocycles. The monoisotopic (exact) mass is 500 g/mol. The molecule has 0 aliphatic rings. The summed E-state index contributed by atoms with van der Waals surface area (Å²) in [7, 11) is 0. The lowest BCUT2D eigenvalue weighted by molar-refractivity contribution is -0.118. The summed E-state index contributed by atoms with van der Waals surface area (Å²) in [6, 6.07) is 25.6. The van der Waals surface area contributed by atoms with Gasteiger partial charge in [0.2, 0.25) is 5.91 Å². The number of benzene rings is 3. The molecule has 0 fully saturated rings. The van der Waals surface area contributed by atoms with Crippen LogP contribution in [-0.4, -0.2) is 18.0 Å². The third-order valence-electron chi connectivity index (χ3n) is 4.22. The minimum Gasteiger partial charge on any atom is -0.445 e. The molecule has 3 aromatic carbocycles. The number of hydrogen-bond acceptors (Lipinski definition) is 3. The summed E-state index contributed by atoms with van der Waals surface area (Å²) in [6.45, 7) is 0.142. The molecular weight excluding hydrogens is 479 g/mol. The molecule has 3 rings (SSSR count). The van der Waals surface area contributed by atoms with Gasteiger partial charge in [0.15, 0.2) is 0 Å². The molecule has 3 aromatic rings.